The Morgan fingerprint density at radius 1 is 1.04 bits per heavy atom. The SMILES string of the molecule is C=C(CC(C)(C)C)C(=O)NC(=O)/C(=C/c1ccc(Cl)cc1)c1ccc(F)cc1. The van der Waals surface area contributed by atoms with Gasteiger partial charge in [0, 0.05) is 16.2 Å². The Balaban J connectivity index is 2.32. The second-order valence-electron chi connectivity index (χ2n) is 7.74. The van der Waals surface area contributed by atoms with E-state index >= 15 is 0 Å². The highest BCUT2D eigenvalue weighted by Crippen LogP contribution is 2.24. The number of amides is 2. The van der Waals surface area contributed by atoms with Crippen molar-refractivity contribution in [2.75, 3.05) is 0 Å². The molecule has 0 fully saturated rings. The maximum absolute atomic E-state index is 13.3. The summed E-state index contributed by atoms with van der Waals surface area (Å²) in [4.78, 5) is 25.2. The summed E-state index contributed by atoms with van der Waals surface area (Å²) in [6.07, 6.45) is 2.08. The Kier molecular flexibility index (Phi) is 6.92. The van der Waals surface area contributed by atoms with E-state index in [-0.39, 0.29) is 11.0 Å². The van der Waals surface area contributed by atoms with Gasteiger partial charge in [0.05, 0.1) is 0 Å². The lowest BCUT2D eigenvalue weighted by Crippen LogP contribution is -2.33. The van der Waals surface area contributed by atoms with E-state index < -0.39 is 17.6 Å². The number of imide groups is 1. The summed E-state index contributed by atoms with van der Waals surface area (Å²) >= 11 is 5.91. The number of halogens is 2. The Labute approximate surface area is 169 Å². The van der Waals surface area contributed by atoms with E-state index in [1.807, 2.05) is 20.8 Å². The monoisotopic (exact) mass is 399 g/mol. The second kappa shape index (κ2) is 8.98. The number of benzene rings is 2. The molecule has 1 N–H and O–H groups in total. The topological polar surface area (TPSA) is 46.2 Å². The quantitative estimate of drug-likeness (QED) is 0.521. The molecule has 0 aliphatic rings. The largest absolute Gasteiger partial charge is 0.288 e. The molecule has 0 unspecified atom stereocenters. The molecule has 3 nitrogen and oxygen atoms in total. The van der Waals surface area contributed by atoms with Crippen LogP contribution in [0.1, 0.15) is 38.3 Å². The van der Waals surface area contributed by atoms with Gasteiger partial charge < -0.3 is 0 Å². The minimum atomic E-state index is -0.582. The van der Waals surface area contributed by atoms with Crippen LogP contribution in [0, 0.1) is 11.2 Å². The maximum Gasteiger partial charge on any atom is 0.258 e. The van der Waals surface area contributed by atoms with Crippen LogP contribution in [0.25, 0.3) is 11.6 Å². The molecule has 5 heteroatoms. The molecule has 0 spiro atoms. The molecule has 0 saturated heterocycles. The maximum atomic E-state index is 13.3. The van der Waals surface area contributed by atoms with Gasteiger partial charge in [-0.1, -0.05) is 63.2 Å². The second-order valence-corrected chi connectivity index (χ2v) is 8.18. The molecular weight excluding hydrogens is 377 g/mol. The molecule has 0 atom stereocenters. The first-order valence-electron chi connectivity index (χ1n) is 8.82. The highest BCUT2D eigenvalue weighted by Gasteiger charge is 2.20. The van der Waals surface area contributed by atoms with Gasteiger partial charge in [0.15, 0.2) is 0 Å². The molecule has 28 heavy (non-hydrogen) atoms. The van der Waals surface area contributed by atoms with E-state index in [9.17, 15) is 14.0 Å². The Morgan fingerprint density at radius 2 is 1.61 bits per heavy atom. The standard InChI is InChI=1S/C23H23ClFNO2/c1-15(14-23(2,3)4)21(27)26-22(28)20(17-7-11-19(25)12-8-17)13-16-5-9-18(24)10-6-16/h5-13H,1,14H2,2-4H3,(H,26,27,28)/b20-13+. The van der Waals surface area contributed by atoms with E-state index in [1.165, 1.54) is 24.3 Å². The van der Waals surface area contributed by atoms with Crippen molar-refractivity contribution in [2.24, 2.45) is 5.41 Å². The van der Waals surface area contributed by atoms with Crippen molar-refractivity contribution in [3.63, 3.8) is 0 Å². The zero-order valence-electron chi connectivity index (χ0n) is 16.2. The van der Waals surface area contributed by atoms with Crippen LogP contribution < -0.4 is 5.32 Å². The van der Waals surface area contributed by atoms with Crippen LogP contribution >= 0.6 is 11.6 Å². The van der Waals surface area contributed by atoms with E-state index in [2.05, 4.69) is 11.9 Å². The molecule has 0 saturated carbocycles. The van der Waals surface area contributed by atoms with Crippen molar-refractivity contribution in [3.8, 4) is 0 Å². The molecule has 0 radical (unpaired) electrons. The van der Waals surface area contributed by atoms with Crippen LogP contribution in [0.4, 0.5) is 4.39 Å². The average molecular weight is 400 g/mol. The Bertz CT molecular complexity index is 907. The van der Waals surface area contributed by atoms with Crippen LogP contribution in [0.3, 0.4) is 0 Å². The van der Waals surface area contributed by atoms with Crippen LogP contribution in [0.2, 0.25) is 5.02 Å². The fourth-order valence-corrected chi connectivity index (χ4v) is 2.74. The van der Waals surface area contributed by atoms with Gasteiger partial charge in [0.1, 0.15) is 5.82 Å². The van der Waals surface area contributed by atoms with E-state index in [1.54, 1.807) is 30.3 Å². The molecule has 2 amide bonds. The van der Waals surface area contributed by atoms with Crippen molar-refractivity contribution >= 4 is 35.1 Å². The summed E-state index contributed by atoms with van der Waals surface area (Å²) in [5.74, 6) is -1.52. The fraction of sp³-hybridized carbons (Fsp3) is 0.217. The molecule has 0 heterocycles. The summed E-state index contributed by atoms with van der Waals surface area (Å²) < 4.78 is 13.3. The van der Waals surface area contributed by atoms with Crippen molar-refractivity contribution in [3.05, 3.63) is 82.6 Å². The van der Waals surface area contributed by atoms with Gasteiger partial charge in [-0.05, 0) is 53.3 Å². The summed E-state index contributed by atoms with van der Waals surface area (Å²) in [5, 5.41) is 2.95. The lowest BCUT2D eigenvalue weighted by molar-refractivity contribution is -0.125. The number of hydrogen-bond acceptors (Lipinski definition) is 2. The van der Waals surface area contributed by atoms with Gasteiger partial charge in [-0.15, -0.1) is 0 Å². The molecule has 0 aromatic heterocycles. The van der Waals surface area contributed by atoms with Crippen molar-refractivity contribution in [2.45, 2.75) is 27.2 Å². The first-order chi connectivity index (χ1) is 13.0. The Morgan fingerprint density at radius 3 is 2.14 bits per heavy atom. The summed E-state index contributed by atoms with van der Waals surface area (Å²) in [7, 11) is 0. The lowest BCUT2D eigenvalue weighted by atomic mass is 9.88. The summed E-state index contributed by atoms with van der Waals surface area (Å²) in [5.41, 5.74) is 1.64. The van der Waals surface area contributed by atoms with Gasteiger partial charge >= 0.3 is 0 Å². The van der Waals surface area contributed by atoms with Gasteiger partial charge in [0.25, 0.3) is 11.8 Å². The highest BCUT2D eigenvalue weighted by molar-refractivity contribution is 6.31. The van der Waals surface area contributed by atoms with Crippen LogP contribution in [0.5, 0.6) is 0 Å². The third-order valence-corrected chi connectivity index (χ3v) is 4.12. The van der Waals surface area contributed by atoms with Crippen molar-refractivity contribution in [1.82, 2.24) is 5.32 Å². The van der Waals surface area contributed by atoms with Gasteiger partial charge in [0.2, 0.25) is 0 Å². The normalized spacial score (nSPS) is 11.8. The predicted molar refractivity (Wildman–Crippen MR) is 112 cm³/mol. The van der Waals surface area contributed by atoms with Crippen molar-refractivity contribution in [1.29, 1.82) is 0 Å². The van der Waals surface area contributed by atoms with Crippen LogP contribution in [-0.4, -0.2) is 11.8 Å². The Hall–Kier alpha value is -2.72. The molecule has 0 aliphatic carbocycles. The van der Waals surface area contributed by atoms with Crippen LogP contribution in [-0.2, 0) is 9.59 Å². The molecule has 0 bridgehead atoms. The number of rotatable bonds is 5. The number of hydrogen-bond donors (Lipinski definition) is 1. The van der Waals surface area contributed by atoms with Gasteiger partial charge in [-0.3, -0.25) is 14.9 Å². The average Bonchev–Trinajstić information content (AvgIpc) is 2.60. The lowest BCUT2D eigenvalue weighted by Gasteiger charge is -2.19. The molecule has 2 aromatic carbocycles. The minimum absolute atomic E-state index is 0.129. The van der Waals surface area contributed by atoms with E-state index in [0.29, 0.717) is 22.6 Å². The van der Waals surface area contributed by atoms with Crippen molar-refractivity contribution < 1.29 is 14.0 Å². The first-order valence-corrected chi connectivity index (χ1v) is 9.19. The first kappa shape index (κ1) is 21.6. The third-order valence-electron chi connectivity index (χ3n) is 3.87. The predicted octanol–water partition coefficient (Wildman–Crippen LogP) is 5.65. The number of nitrogens with one attached hydrogen (secondary N) is 1. The molecular formula is C23H23ClFNO2. The highest BCUT2D eigenvalue weighted by atomic mass is 35.5. The zero-order valence-corrected chi connectivity index (χ0v) is 16.9. The number of carbonyl (C=O) groups excluding carboxylic acids is 2. The van der Waals surface area contributed by atoms with Gasteiger partial charge in [-0.25, -0.2) is 4.39 Å². The minimum Gasteiger partial charge on any atom is -0.288 e. The van der Waals surface area contributed by atoms with E-state index in [4.69, 9.17) is 11.6 Å². The molecule has 0 aliphatic heterocycles. The van der Waals surface area contributed by atoms with Crippen LogP contribution in [0.15, 0.2) is 60.7 Å². The van der Waals surface area contributed by atoms with Gasteiger partial charge in [-0.2, -0.15) is 0 Å². The smallest absolute Gasteiger partial charge is 0.258 e. The molecule has 146 valence electrons. The number of carbonyl (C=O) groups is 2. The summed E-state index contributed by atoms with van der Waals surface area (Å²) in [6, 6.07) is 12.4. The summed E-state index contributed by atoms with van der Waals surface area (Å²) in [6.45, 7) is 9.73. The van der Waals surface area contributed by atoms with E-state index in [0.717, 1.165) is 5.56 Å². The molecule has 2 aromatic rings. The third kappa shape index (κ3) is 6.46. The zero-order chi connectivity index (χ0) is 20.9. The fourth-order valence-electron chi connectivity index (χ4n) is 2.61. The molecule has 2 rings (SSSR count).